The van der Waals surface area contributed by atoms with Crippen molar-refractivity contribution in [3.05, 3.63) is 27.7 Å². The second-order valence-corrected chi connectivity index (χ2v) is 5.88. The van der Waals surface area contributed by atoms with E-state index < -0.39 is 11.4 Å². The van der Waals surface area contributed by atoms with E-state index in [4.69, 9.17) is 14.6 Å². The van der Waals surface area contributed by atoms with Gasteiger partial charge in [-0.05, 0) is 38.0 Å². The molecule has 0 saturated heterocycles. The number of aliphatic carboxylic acids is 1. The van der Waals surface area contributed by atoms with Crippen LogP contribution in [0.25, 0.3) is 0 Å². The molecule has 0 aliphatic carbocycles. The summed E-state index contributed by atoms with van der Waals surface area (Å²) in [6.07, 6.45) is 0.445. The highest BCUT2D eigenvalue weighted by molar-refractivity contribution is 9.10. The maximum Gasteiger partial charge on any atom is 0.309 e. The average molecular weight is 315 g/mol. The van der Waals surface area contributed by atoms with Crippen LogP contribution >= 0.6 is 15.9 Å². The van der Waals surface area contributed by atoms with Gasteiger partial charge in [0.15, 0.2) is 6.79 Å². The summed E-state index contributed by atoms with van der Waals surface area (Å²) >= 11 is 3.47. The molecule has 0 spiro atoms. The average Bonchev–Trinajstić information content (AvgIpc) is 2.29. The van der Waals surface area contributed by atoms with Gasteiger partial charge in [0.1, 0.15) is 5.75 Å². The third-order valence-corrected chi connectivity index (χ3v) is 3.73. The lowest BCUT2D eigenvalue weighted by Crippen LogP contribution is -2.26. The highest BCUT2D eigenvalue weighted by Gasteiger charge is 2.29. The second-order valence-electron chi connectivity index (χ2n) is 5.03. The topological polar surface area (TPSA) is 55.8 Å². The fourth-order valence-corrected chi connectivity index (χ4v) is 2.36. The maximum absolute atomic E-state index is 11.2. The van der Waals surface area contributed by atoms with E-state index in [9.17, 15) is 4.79 Å². The zero-order chi connectivity index (χ0) is 13.3. The monoisotopic (exact) mass is 314 g/mol. The Labute approximate surface area is 114 Å². The van der Waals surface area contributed by atoms with Crippen LogP contribution in [0.15, 0.2) is 16.6 Å². The van der Waals surface area contributed by atoms with Crippen LogP contribution in [0.3, 0.4) is 0 Å². The molecule has 1 aromatic carbocycles. The summed E-state index contributed by atoms with van der Waals surface area (Å²) < 4.78 is 11.5. The Kier molecular flexibility index (Phi) is 3.64. The van der Waals surface area contributed by atoms with Crippen molar-refractivity contribution >= 4 is 21.9 Å². The molecule has 0 atom stereocenters. The van der Waals surface area contributed by atoms with Gasteiger partial charge in [-0.2, -0.15) is 0 Å². The van der Waals surface area contributed by atoms with Crippen LogP contribution < -0.4 is 4.74 Å². The molecule has 1 aliphatic rings. The van der Waals surface area contributed by atoms with Gasteiger partial charge >= 0.3 is 5.97 Å². The van der Waals surface area contributed by atoms with E-state index in [1.165, 1.54) is 0 Å². The molecule has 2 rings (SSSR count). The zero-order valence-electron chi connectivity index (χ0n) is 10.3. The smallest absolute Gasteiger partial charge is 0.309 e. The molecule has 18 heavy (non-hydrogen) atoms. The lowest BCUT2D eigenvalue weighted by molar-refractivity contribution is -0.146. The molecule has 0 aromatic heterocycles. The Balaban J connectivity index is 2.31. The van der Waals surface area contributed by atoms with Crippen molar-refractivity contribution in [3.8, 4) is 5.75 Å². The van der Waals surface area contributed by atoms with E-state index in [1.54, 1.807) is 13.8 Å². The largest absolute Gasteiger partial charge is 0.481 e. The molecule has 1 N–H and O–H groups in total. The molecule has 0 saturated carbocycles. The first-order valence-corrected chi connectivity index (χ1v) is 6.45. The number of fused-ring (bicyclic) bond motifs is 1. The van der Waals surface area contributed by atoms with Crippen LogP contribution in [-0.2, 0) is 22.6 Å². The molecular formula is C13H15BrO4. The van der Waals surface area contributed by atoms with Gasteiger partial charge in [-0.3, -0.25) is 4.79 Å². The number of ether oxygens (including phenoxy) is 2. The summed E-state index contributed by atoms with van der Waals surface area (Å²) in [5.41, 5.74) is 1.11. The first kappa shape index (κ1) is 13.4. The molecule has 1 aliphatic heterocycles. The van der Waals surface area contributed by atoms with Gasteiger partial charge in [-0.15, -0.1) is 0 Å². The molecule has 0 amide bonds. The third kappa shape index (κ3) is 2.67. The Hall–Kier alpha value is -1.07. The van der Waals surface area contributed by atoms with Crippen molar-refractivity contribution in [2.75, 3.05) is 6.79 Å². The molecule has 98 valence electrons. The minimum Gasteiger partial charge on any atom is -0.481 e. The molecule has 1 heterocycles. The molecule has 0 radical (unpaired) electrons. The molecule has 0 bridgehead atoms. The third-order valence-electron chi connectivity index (χ3n) is 3.00. The Morgan fingerprint density at radius 2 is 2.22 bits per heavy atom. The van der Waals surface area contributed by atoms with Crippen molar-refractivity contribution in [3.63, 3.8) is 0 Å². The zero-order valence-corrected chi connectivity index (χ0v) is 11.9. The van der Waals surface area contributed by atoms with Crippen LogP contribution in [-0.4, -0.2) is 17.9 Å². The van der Waals surface area contributed by atoms with Crippen molar-refractivity contribution in [2.24, 2.45) is 5.41 Å². The fraction of sp³-hybridized carbons (Fsp3) is 0.462. The van der Waals surface area contributed by atoms with E-state index >= 15 is 0 Å². The molecule has 5 heteroatoms. The summed E-state index contributed by atoms with van der Waals surface area (Å²) in [5.74, 6) is -0.0305. The Morgan fingerprint density at radius 3 is 2.89 bits per heavy atom. The van der Waals surface area contributed by atoms with Crippen LogP contribution in [0.5, 0.6) is 5.75 Å². The minimum absolute atomic E-state index is 0.246. The number of hydrogen-bond donors (Lipinski definition) is 1. The second kappa shape index (κ2) is 4.90. The van der Waals surface area contributed by atoms with Crippen molar-refractivity contribution in [1.29, 1.82) is 0 Å². The number of rotatable bonds is 3. The number of hydrogen-bond acceptors (Lipinski definition) is 3. The SMILES string of the molecule is CC(C)(Cc1cc2c(cc1Br)COCO2)C(=O)O. The Morgan fingerprint density at radius 1 is 1.50 bits per heavy atom. The Bertz CT molecular complexity index is 482. The summed E-state index contributed by atoms with van der Waals surface area (Å²) in [4.78, 5) is 11.2. The van der Waals surface area contributed by atoms with E-state index in [0.717, 1.165) is 21.3 Å². The molecule has 4 nitrogen and oxygen atoms in total. The van der Waals surface area contributed by atoms with Gasteiger partial charge in [0.2, 0.25) is 0 Å². The quantitative estimate of drug-likeness (QED) is 0.932. The summed E-state index contributed by atoms with van der Waals surface area (Å²) in [7, 11) is 0. The normalized spacial score (nSPS) is 14.8. The molecular weight excluding hydrogens is 300 g/mol. The van der Waals surface area contributed by atoms with Crippen molar-refractivity contribution < 1.29 is 19.4 Å². The highest BCUT2D eigenvalue weighted by atomic mass is 79.9. The molecule has 0 fully saturated rings. The van der Waals surface area contributed by atoms with Crippen molar-refractivity contribution in [1.82, 2.24) is 0 Å². The van der Waals surface area contributed by atoms with Crippen LogP contribution in [0.4, 0.5) is 0 Å². The standard InChI is InChI=1S/C13H15BrO4/c1-13(2,12(15)16)5-8-4-11-9(3-10(8)14)6-17-7-18-11/h3-4H,5-7H2,1-2H3,(H,15,16). The van der Waals surface area contributed by atoms with E-state index in [0.29, 0.717) is 13.0 Å². The van der Waals surface area contributed by atoms with Gasteiger partial charge in [-0.1, -0.05) is 15.9 Å². The number of carboxylic acids is 1. The highest BCUT2D eigenvalue weighted by Crippen LogP contribution is 2.34. The first-order valence-electron chi connectivity index (χ1n) is 5.65. The van der Waals surface area contributed by atoms with Gasteiger partial charge in [0.25, 0.3) is 0 Å². The first-order chi connectivity index (χ1) is 8.40. The molecule has 0 unspecified atom stereocenters. The lowest BCUT2D eigenvalue weighted by atomic mass is 9.85. The predicted molar refractivity (Wildman–Crippen MR) is 69.5 cm³/mol. The number of halogens is 1. The number of carboxylic acid groups (broad SMARTS) is 1. The maximum atomic E-state index is 11.2. The number of benzene rings is 1. The molecule has 1 aromatic rings. The van der Waals surface area contributed by atoms with Gasteiger partial charge < -0.3 is 14.6 Å². The lowest BCUT2D eigenvalue weighted by Gasteiger charge is -2.23. The summed E-state index contributed by atoms with van der Waals surface area (Å²) in [5, 5.41) is 9.17. The summed E-state index contributed by atoms with van der Waals surface area (Å²) in [6, 6.07) is 3.83. The van der Waals surface area contributed by atoms with Gasteiger partial charge in [0, 0.05) is 10.0 Å². The van der Waals surface area contributed by atoms with Crippen LogP contribution in [0.2, 0.25) is 0 Å². The minimum atomic E-state index is -0.809. The van der Waals surface area contributed by atoms with Crippen LogP contribution in [0, 0.1) is 5.41 Å². The van der Waals surface area contributed by atoms with Gasteiger partial charge in [0.05, 0.1) is 12.0 Å². The summed E-state index contributed by atoms with van der Waals surface area (Å²) in [6.45, 7) is 4.20. The van der Waals surface area contributed by atoms with Crippen LogP contribution in [0.1, 0.15) is 25.0 Å². The van der Waals surface area contributed by atoms with E-state index in [1.807, 2.05) is 12.1 Å². The van der Waals surface area contributed by atoms with E-state index in [-0.39, 0.29) is 6.79 Å². The van der Waals surface area contributed by atoms with Crippen molar-refractivity contribution in [2.45, 2.75) is 26.9 Å². The predicted octanol–water partition coefficient (Wildman–Crippen LogP) is 2.97. The van der Waals surface area contributed by atoms with E-state index in [2.05, 4.69) is 15.9 Å². The fourth-order valence-electron chi connectivity index (χ4n) is 1.83. The van der Waals surface area contributed by atoms with Gasteiger partial charge in [-0.25, -0.2) is 0 Å². The number of carbonyl (C=O) groups is 1.